The molecule has 0 saturated heterocycles. The molecule has 0 aliphatic heterocycles. The lowest BCUT2D eigenvalue weighted by molar-refractivity contribution is -0.121. The van der Waals surface area contributed by atoms with Crippen LogP contribution in [-0.2, 0) is 4.79 Å². The maximum Gasteiger partial charge on any atom is 0.220 e. The quantitative estimate of drug-likeness (QED) is 0.670. The molecule has 0 spiro atoms. The van der Waals surface area contributed by atoms with E-state index in [4.69, 9.17) is 5.73 Å². The molecule has 118 valence electrons. The van der Waals surface area contributed by atoms with Gasteiger partial charge in [0.2, 0.25) is 5.91 Å². The first kappa shape index (κ1) is 17.4. The average molecular weight is 284 g/mol. The first-order valence-electron chi connectivity index (χ1n) is 7.99. The molecule has 0 radical (unpaired) electrons. The Labute approximate surface area is 123 Å². The second kappa shape index (κ2) is 7.99. The normalized spacial score (nSPS) is 24.6. The number of aliphatic hydroxyl groups is 1. The Balaban J connectivity index is 2.27. The molecule has 0 bridgehead atoms. The number of carbonyl (C=O) groups excluding carboxylic acids is 1. The molecule has 0 aromatic rings. The van der Waals surface area contributed by atoms with Crippen LogP contribution in [-0.4, -0.2) is 30.2 Å². The summed E-state index contributed by atoms with van der Waals surface area (Å²) in [5, 5.41) is 12.7. The van der Waals surface area contributed by atoms with E-state index in [1.807, 2.05) is 0 Å². The molecule has 0 aromatic carbocycles. The molecule has 1 fully saturated rings. The minimum Gasteiger partial charge on any atom is -0.393 e. The van der Waals surface area contributed by atoms with Crippen LogP contribution < -0.4 is 11.1 Å². The number of aliphatic hydroxyl groups excluding tert-OH is 1. The van der Waals surface area contributed by atoms with Crippen LogP contribution >= 0.6 is 0 Å². The maximum absolute atomic E-state index is 11.9. The van der Waals surface area contributed by atoms with Crippen molar-refractivity contribution >= 4 is 5.91 Å². The van der Waals surface area contributed by atoms with Gasteiger partial charge in [0.1, 0.15) is 0 Å². The lowest BCUT2D eigenvalue weighted by Gasteiger charge is -2.30. The third kappa shape index (κ3) is 5.80. The summed E-state index contributed by atoms with van der Waals surface area (Å²) in [6.07, 6.45) is 5.17. The van der Waals surface area contributed by atoms with Crippen molar-refractivity contribution in [3.63, 3.8) is 0 Å². The summed E-state index contributed by atoms with van der Waals surface area (Å²) < 4.78 is 0. The Morgan fingerprint density at radius 3 is 2.55 bits per heavy atom. The molecule has 0 heterocycles. The van der Waals surface area contributed by atoms with E-state index in [1.165, 1.54) is 0 Å². The van der Waals surface area contributed by atoms with Gasteiger partial charge in [0.15, 0.2) is 0 Å². The van der Waals surface area contributed by atoms with Crippen LogP contribution in [0, 0.1) is 17.3 Å². The van der Waals surface area contributed by atoms with Gasteiger partial charge in [-0.1, -0.05) is 27.2 Å². The Morgan fingerprint density at radius 1 is 1.35 bits per heavy atom. The van der Waals surface area contributed by atoms with Gasteiger partial charge in [0, 0.05) is 18.9 Å². The Kier molecular flexibility index (Phi) is 6.96. The maximum atomic E-state index is 11.9. The van der Waals surface area contributed by atoms with Crippen molar-refractivity contribution in [1.29, 1.82) is 0 Å². The molecule has 3 atom stereocenters. The predicted molar refractivity (Wildman–Crippen MR) is 82.2 cm³/mol. The third-order valence-corrected chi connectivity index (χ3v) is 4.64. The number of rotatable bonds is 7. The third-order valence-electron chi connectivity index (χ3n) is 4.64. The summed E-state index contributed by atoms with van der Waals surface area (Å²) >= 11 is 0. The van der Waals surface area contributed by atoms with E-state index >= 15 is 0 Å². The van der Waals surface area contributed by atoms with E-state index in [-0.39, 0.29) is 23.3 Å². The Hall–Kier alpha value is -0.610. The smallest absolute Gasteiger partial charge is 0.220 e. The fourth-order valence-electron chi connectivity index (χ4n) is 3.11. The van der Waals surface area contributed by atoms with Crippen LogP contribution in [0.15, 0.2) is 0 Å². The van der Waals surface area contributed by atoms with Crippen LogP contribution in [0.25, 0.3) is 0 Å². The molecule has 20 heavy (non-hydrogen) atoms. The molecule has 4 N–H and O–H groups in total. The van der Waals surface area contributed by atoms with Crippen molar-refractivity contribution in [2.75, 3.05) is 13.1 Å². The van der Waals surface area contributed by atoms with Gasteiger partial charge in [-0.15, -0.1) is 0 Å². The summed E-state index contributed by atoms with van der Waals surface area (Å²) in [4.78, 5) is 11.9. The minimum atomic E-state index is -0.227. The van der Waals surface area contributed by atoms with E-state index in [0.717, 1.165) is 32.1 Å². The second-order valence-electron chi connectivity index (χ2n) is 7.24. The molecule has 4 heteroatoms. The molecule has 1 amide bonds. The molecular weight excluding hydrogens is 252 g/mol. The van der Waals surface area contributed by atoms with E-state index < -0.39 is 0 Å². The van der Waals surface area contributed by atoms with E-state index in [0.29, 0.717) is 25.4 Å². The highest BCUT2D eigenvalue weighted by Crippen LogP contribution is 2.32. The number of carbonyl (C=O) groups is 1. The van der Waals surface area contributed by atoms with Crippen molar-refractivity contribution < 1.29 is 9.90 Å². The van der Waals surface area contributed by atoms with Crippen molar-refractivity contribution in [2.45, 2.75) is 65.4 Å². The molecule has 1 aliphatic carbocycles. The van der Waals surface area contributed by atoms with Gasteiger partial charge >= 0.3 is 0 Å². The SMILES string of the molecule is CC(C)(C)C(CCN)CCC(=O)NCC1CCCC1O. The summed E-state index contributed by atoms with van der Waals surface area (Å²) in [5.74, 6) is 0.840. The number of amides is 1. The van der Waals surface area contributed by atoms with E-state index in [2.05, 4.69) is 26.1 Å². The van der Waals surface area contributed by atoms with Gasteiger partial charge in [-0.05, 0) is 43.6 Å². The van der Waals surface area contributed by atoms with Gasteiger partial charge in [-0.3, -0.25) is 4.79 Å². The number of nitrogens with two attached hydrogens (primary N) is 1. The highest BCUT2D eigenvalue weighted by molar-refractivity contribution is 5.75. The van der Waals surface area contributed by atoms with Gasteiger partial charge in [-0.25, -0.2) is 0 Å². The fraction of sp³-hybridized carbons (Fsp3) is 0.938. The molecule has 1 saturated carbocycles. The van der Waals surface area contributed by atoms with Crippen LogP contribution in [0.3, 0.4) is 0 Å². The first-order chi connectivity index (χ1) is 9.34. The van der Waals surface area contributed by atoms with Crippen LogP contribution in [0.4, 0.5) is 0 Å². The summed E-state index contributed by atoms with van der Waals surface area (Å²) in [5.41, 5.74) is 5.86. The second-order valence-corrected chi connectivity index (χ2v) is 7.24. The topological polar surface area (TPSA) is 75.4 Å². The highest BCUT2D eigenvalue weighted by Gasteiger charge is 2.26. The minimum absolute atomic E-state index is 0.107. The van der Waals surface area contributed by atoms with Crippen LogP contribution in [0.1, 0.15) is 59.3 Å². The van der Waals surface area contributed by atoms with E-state index in [9.17, 15) is 9.90 Å². The molecule has 1 aliphatic rings. The summed E-state index contributed by atoms with van der Waals surface area (Å²) in [6, 6.07) is 0. The number of nitrogens with one attached hydrogen (secondary N) is 1. The van der Waals surface area contributed by atoms with Gasteiger partial charge in [-0.2, -0.15) is 0 Å². The van der Waals surface area contributed by atoms with Crippen molar-refractivity contribution in [2.24, 2.45) is 23.0 Å². The van der Waals surface area contributed by atoms with Crippen molar-refractivity contribution in [3.8, 4) is 0 Å². The van der Waals surface area contributed by atoms with Gasteiger partial charge < -0.3 is 16.2 Å². The molecule has 4 nitrogen and oxygen atoms in total. The first-order valence-corrected chi connectivity index (χ1v) is 7.99. The summed E-state index contributed by atoms with van der Waals surface area (Å²) in [7, 11) is 0. The Morgan fingerprint density at radius 2 is 2.05 bits per heavy atom. The summed E-state index contributed by atoms with van der Waals surface area (Å²) in [6.45, 7) is 7.93. The lowest BCUT2D eigenvalue weighted by Crippen LogP contribution is -2.33. The molecule has 0 aromatic heterocycles. The van der Waals surface area contributed by atoms with Gasteiger partial charge in [0.25, 0.3) is 0 Å². The standard InChI is InChI=1S/C16H32N2O2/c1-16(2,3)13(9-10-17)7-8-15(20)18-11-12-5-4-6-14(12)19/h12-14,19H,4-11,17H2,1-3H3,(H,18,20). The van der Waals surface area contributed by atoms with Crippen molar-refractivity contribution in [1.82, 2.24) is 5.32 Å². The monoisotopic (exact) mass is 284 g/mol. The van der Waals surface area contributed by atoms with Crippen LogP contribution in [0.2, 0.25) is 0 Å². The largest absolute Gasteiger partial charge is 0.393 e. The zero-order chi connectivity index (χ0) is 15.2. The Bertz CT molecular complexity index is 299. The van der Waals surface area contributed by atoms with Crippen LogP contribution in [0.5, 0.6) is 0 Å². The van der Waals surface area contributed by atoms with Gasteiger partial charge in [0.05, 0.1) is 6.10 Å². The fourth-order valence-corrected chi connectivity index (χ4v) is 3.11. The zero-order valence-corrected chi connectivity index (χ0v) is 13.3. The number of hydrogen-bond acceptors (Lipinski definition) is 3. The van der Waals surface area contributed by atoms with Crippen molar-refractivity contribution in [3.05, 3.63) is 0 Å². The average Bonchev–Trinajstić information content (AvgIpc) is 2.76. The lowest BCUT2D eigenvalue weighted by atomic mass is 9.76. The molecule has 3 unspecified atom stereocenters. The molecule has 1 rings (SSSR count). The molecular formula is C16H32N2O2. The number of hydrogen-bond donors (Lipinski definition) is 3. The van der Waals surface area contributed by atoms with E-state index in [1.54, 1.807) is 0 Å². The predicted octanol–water partition coefficient (Wildman–Crippen LogP) is 2.05. The highest BCUT2D eigenvalue weighted by atomic mass is 16.3. The zero-order valence-electron chi connectivity index (χ0n) is 13.3.